The van der Waals surface area contributed by atoms with Gasteiger partial charge in [-0.1, -0.05) is 11.8 Å². The van der Waals surface area contributed by atoms with Crippen molar-refractivity contribution in [3.63, 3.8) is 0 Å². The fourth-order valence-corrected chi connectivity index (χ4v) is 2.30. The zero-order chi connectivity index (χ0) is 15.5. The number of carbonyl (C=O) groups excluding carboxylic acids is 1. The molecule has 1 N–H and O–H groups in total. The summed E-state index contributed by atoms with van der Waals surface area (Å²) >= 11 is 6.12. The highest BCUT2D eigenvalue weighted by Crippen LogP contribution is 2.44. The second kappa shape index (κ2) is 6.13. The molecule has 0 aromatic heterocycles. The van der Waals surface area contributed by atoms with Crippen LogP contribution in [0.4, 0.5) is 0 Å². The van der Waals surface area contributed by atoms with Gasteiger partial charge in [0.25, 0.3) is 0 Å². The maximum atomic E-state index is 11.1. The maximum absolute atomic E-state index is 11.1. The highest BCUT2D eigenvalue weighted by molar-refractivity contribution is 6.23. The third-order valence-electron chi connectivity index (χ3n) is 2.91. The Kier molecular flexibility index (Phi) is 4.47. The van der Waals surface area contributed by atoms with Crippen molar-refractivity contribution in [3.8, 4) is 23.7 Å². The summed E-state index contributed by atoms with van der Waals surface area (Å²) in [5.41, 5.74) is 0. The van der Waals surface area contributed by atoms with E-state index in [4.69, 9.17) is 25.8 Å². The number of hydrogen-bond acceptors (Lipinski definition) is 5. The number of allylic oxidation sites excluding steroid dienone is 1. The average Bonchev–Trinajstić information content (AvgIpc) is 2.93. The predicted octanol–water partition coefficient (Wildman–Crippen LogP) is 1.07. The molecule has 5 nitrogen and oxygen atoms in total. The third-order valence-corrected chi connectivity index (χ3v) is 3.36. The molecule has 0 aromatic carbocycles. The van der Waals surface area contributed by atoms with E-state index in [9.17, 15) is 9.90 Å². The van der Waals surface area contributed by atoms with E-state index >= 15 is 0 Å². The van der Waals surface area contributed by atoms with Crippen LogP contribution in [0.1, 0.15) is 13.8 Å². The summed E-state index contributed by atoms with van der Waals surface area (Å²) in [4.78, 5) is 11.1. The van der Waals surface area contributed by atoms with Gasteiger partial charge in [-0.25, -0.2) is 0 Å². The van der Waals surface area contributed by atoms with Gasteiger partial charge < -0.3 is 19.3 Å². The van der Waals surface area contributed by atoms with Gasteiger partial charge in [0.2, 0.25) is 6.10 Å². The molecule has 2 aliphatic heterocycles. The van der Waals surface area contributed by atoms with Crippen LogP contribution in [0.15, 0.2) is 24.2 Å². The zero-order valence-corrected chi connectivity index (χ0v) is 12.2. The van der Waals surface area contributed by atoms with Crippen molar-refractivity contribution in [2.75, 3.05) is 0 Å². The smallest absolute Gasteiger partial charge is 0.319 e. The molecule has 2 rings (SSSR count). The molecule has 110 valence electrons. The Morgan fingerprint density at radius 3 is 3.00 bits per heavy atom. The van der Waals surface area contributed by atoms with Crippen LogP contribution >= 0.6 is 11.6 Å². The van der Waals surface area contributed by atoms with E-state index in [2.05, 4.69) is 23.7 Å². The summed E-state index contributed by atoms with van der Waals surface area (Å²) < 4.78 is 16.0. The molecule has 1 spiro atoms. The van der Waals surface area contributed by atoms with Crippen LogP contribution in [0, 0.1) is 23.7 Å². The summed E-state index contributed by atoms with van der Waals surface area (Å²) in [5, 5.41) is 9.41. The first-order chi connectivity index (χ1) is 10.0. The molecule has 2 heterocycles. The summed E-state index contributed by atoms with van der Waals surface area (Å²) in [5.74, 6) is 8.55. The molecule has 0 radical (unpaired) electrons. The highest BCUT2D eigenvalue weighted by Gasteiger charge is 2.62. The second-order valence-corrected chi connectivity index (χ2v) is 4.81. The lowest BCUT2D eigenvalue weighted by atomic mass is 10.0. The first-order valence-corrected chi connectivity index (χ1v) is 6.60. The Balaban J connectivity index is 2.25. The molecular formula is C15H13ClO5. The molecule has 4 atom stereocenters. The number of aliphatic hydroxyl groups is 1. The van der Waals surface area contributed by atoms with Crippen molar-refractivity contribution in [1.29, 1.82) is 0 Å². The topological polar surface area (TPSA) is 65.0 Å². The first kappa shape index (κ1) is 15.3. The molecule has 21 heavy (non-hydrogen) atoms. The van der Waals surface area contributed by atoms with Crippen molar-refractivity contribution < 1.29 is 24.1 Å². The number of ether oxygens (including phenoxy) is 3. The minimum Gasteiger partial charge on any atom is -0.454 e. The van der Waals surface area contributed by atoms with Crippen LogP contribution in [0.3, 0.4) is 0 Å². The molecule has 0 aromatic rings. The van der Waals surface area contributed by atoms with Gasteiger partial charge in [0.1, 0.15) is 11.1 Å². The van der Waals surface area contributed by atoms with Crippen molar-refractivity contribution in [1.82, 2.24) is 0 Å². The van der Waals surface area contributed by atoms with E-state index in [0.717, 1.165) is 0 Å². The standard InChI is InChI=1S/C15H13ClO5/c1-3-4-5-6-7-11-13(16)14(18)15(21-11)12(8-9-19-15)20-10(2)17/h7-9,12-14,18H,1-2H3/b11-7+/t12-,13-,14+,15+/m1/s1. The summed E-state index contributed by atoms with van der Waals surface area (Å²) in [7, 11) is 0. The van der Waals surface area contributed by atoms with E-state index in [-0.39, 0.29) is 5.76 Å². The normalized spacial score (nSPS) is 34.5. The Morgan fingerprint density at radius 1 is 1.57 bits per heavy atom. The Bertz CT molecular complexity index is 615. The maximum Gasteiger partial charge on any atom is 0.319 e. The van der Waals surface area contributed by atoms with Gasteiger partial charge in [-0.2, -0.15) is 0 Å². The van der Waals surface area contributed by atoms with Crippen LogP contribution in [0.2, 0.25) is 0 Å². The predicted molar refractivity (Wildman–Crippen MR) is 74.6 cm³/mol. The van der Waals surface area contributed by atoms with Crippen molar-refractivity contribution >= 4 is 17.6 Å². The van der Waals surface area contributed by atoms with Gasteiger partial charge in [0.05, 0.1) is 6.26 Å². The Labute approximate surface area is 127 Å². The Hall–Kier alpha value is -2.08. The number of hydrogen-bond donors (Lipinski definition) is 1. The minimum absolute atomic E-state index is 0.232. The van der Waals surface area contributed by atoms with Crippen LogP contribution < -0.4 is 0 Å². The molecule has 0 saturated carbocycles. The van der Waals surface area contributed by atoms with E-state index in [0.29, 0.717) is 0 Å². The number of esters is 1. The minimum atomic E-state index is -1.57. The van der Waals surface area contributed by atoms with E-state index in [1.807, 2.05) is 0 Å². The Morgan fingerprint density at radius 2 is 2.33 bits per heavy atom. The van der Waals surface area contributed by atoms with E-state index < -0.39 is 29.3 Å². The molecule has 6 heteroatoms. The lowest BCUT2D eigenvalue weighted by Gasteiger charge is -2.30. The van der Waals surface area contributed by atoms with Crippen molar-refractivity contribution in [2.45, 2.75) is 37.2 Å². The quantitative estimate of drug-likeness (QED) is 0.446. The lowest BCUT2D eigenvalue weighted by molar-refractivity contribution is -0.239. The monoisotopic (exact) mass is 308 g/mol. The molecule has 0 amide bonds. The zero-order valence-electron chi connectivity index (χ0n) is 11.4. The van der Waals surface area contributed by atoms with Crippen molar-refractivity contribution in [2.24, 2.45) is 0 Å². The average molecular weight is 309 g/mol. The van der Waals surface area contributed by atoms with Crippen LogP contribution in [-0.4, -0.2) is 34.4 Å². The summed E-state index contributed by atoms with van der Waals surface area (Å²) in [6, 6.07) is 0. The highest BCUT2D eigenvalue weighted by atomic mass is 35.5. The lowest BCUT2D eigenvalue weighted by Crippen LogP contribution is -2.51. The van der Waals surface area contributed by atoms with E-state index in [1.165, 1.54) is 25.3 Å². The summed E-state index contributed by atoms with van der Waals surface area (Å²) in [6.45, 7) is 2.92. The van der Waals surface area contributed by atoms with Gasteiger partial charge >= 0.3 is 11.8 Å². The van der Waals surface area contributed by atoms with Crippen LogP contribution in [0.5, 0.6) is 0 Å². The van der Waals surface area contributed by atoms with E-state index in [1.54, 1.807) is 6.92 Å². The molecule has 0 bridgehead atoms. The van der Waals surface area contributed by atoms with Gasteiger partial charge in [-0.05, 0) is 24.8 Å². The number of alkyl halides is 1. The fraction of sp³-hybridized carbons (Fsp3) is 0.400. The molecule has 0 aliphatic carbocycles. The van der Waals surface area contributed by atoms with Gasteiger partial charge in [-0.15, -0.1) is 11.6 Å². The molecule has 2 aliphatic rings. The largest absolute Gasteiger partial charge is 0.454 e. The third kappa shape index (κ3) is 2.85. The number of halogens is 1. The summed E-state index contributed by atoms with van der Waals surface area (Å²) in [6.07, 6.45) is 2.08. The molecule has 1 saturated heterocycles. The van der Waals surface area contributed by atoms with Gasteiger partial charge in [-0.3, -0.25) is 4.79 Å². The molecule has 0 unspecified atom stereocenters. The van der Waals surface area contributed by atoms with Crippen LogP contribution in [0.25, 0.3) is 0 Å². The van der Waals surface area contributed by atoms with Crippen LogP contribution in [-0.2, 0) is 19.0 Å². The number of rotatable bonds is 1. The van der Waals surface area contributed by atoms with Gasteiger partial charge in [0.15, 0.2) is 6.10 Å². The fourth-order valence-electron chi connectivity index (χ4n) is 2.01. The molecule has 1 fully saturated rings. The molecular weight excluding hydrogens is 296 g/mol. The second-order valence-electron chi connectivity index (χ2n) is 4.34. The number of aliphatic hydroxyl groups excluding tert-OH is 1. The van der Waals surface area contributed by atoms with Gasteiger partial charge in [0, 0.05) is 13.0 Å². The first-order valence-electron chi connectivity index (χ1n) is 6.16. The SMILES string of the molecule is CC#CC#C/C=C1/O[C@]2(OC=C[C@H]2OC(C)=O)[C@@H](O)[C@@H]1Cl. The van der Waals surface area contributed by atoms with Crippen molar-refractivity contribution in [3.05, 3.63) is 24.2 Å². The number of carbonyl (C=O) groups is 1.